The maximum atomic E-state index is 12.7. The second kappa shape index (κ2) is 9.06. The molecule has 0 unspecified atom stereocenters. The predicted molar refractivity (Wildman–Crippen MR) is 119 cm³/mol. The number of nitrogens with one attached hydrogen (secondary N) is 1. The molecule has 3 nitrogen and oxygen atoms in total. The number of alkyl halides is 3. The van der Waals surface area contributed by atoms with Crippen molar-refractivity contribution in [3.8, 4) is 5.75 Å². The van der Waals surface area contributed by atoms with E-state index < -0.39 is 11.7 Å². The summed E-state index contributed by atoms with van der Waals surface area (Å²) in [5.41, 5.74) is 3.53. The zero-order valence-electron chi connectivity index (χ0n) is 17.4. The van der Waals surface area contributed by atoms with Crippen LogP contribution < -0.4 is 10.1 Å². The lowest BCUT2D eigenvalue weighted by molar-refractivity contribution is -0.137. The molecule has 1 aliphatic heterocycles. The molecule has 0 saturated carbocycles. The number of thioether (sulfide) groups is 1. The minimum Gasteiger partial charge on any atom is -0.462 e. The Morgan fingerprint density at radius 2 is 1.81 bits per heavy atom. The van der Waals surface area contributed by atoms with Crippen molar-refractivity contribution in [1.82, 2.24) is 5.32 Å². The van der Waals surface area contributed by atoms with Crippen LogP contribution in [0.1, 0.15) is 46.0 Å². The predicted octanol–water partition coefficient (Wildman–Crippen LogP) is 6.98. The molecule has 0 aromatic heterocycles. The number of ketones is 1. The van der Waals surface area contributed by atoms with Crippen LogP contribution >= 0.6 is 11.8 Å². The van der Waals surface area contributed by atoms with E-state index in [1.165, 1.54) is 23.9 Å². The van der Waals surface area contributed by atoms with Crippen molar-refractivity contribution in [3.05, 3.63) is 93.1 Å². The van der Waals surface area contributed by atoms with E-state index in [-0.39, 0.29) is 5.78 Å². The third kappa shape index (κ3) is 5.05. The Kier molecular flexibility index (Phi) is 6.65. The van der Waals surface area contributed by atoms with Gasteiger partial charge in [-0.25, -0.2) is 0 Å². The maximum absolute atomic E-state index is 12.7. The quantitative estimate of drug-likeness (QED) is 0.296. The molecular weight excluding hydrogens is 423 g/mol. The van der Waals surface area contributed by atoms with Gasteiger partial charge in [0.25, 0.3) is 0 Å². The highest BCUT2D eigenvalue weighted by atomic mass is 32.2. The number of carbonyl (C=O) groups is 1. The van der Waals surface area contributed by atoms with Gasteiger partial charge in [-0.3, -0.25) is 4.79 Å². The van der Waals surface area contributed by atoms with Crippen LogP contribution in [0.3, 0.4) is 0 Å². The Balaban J connectivity index is 1.69. The van der Waals surface area contributed by atoms with E-state index in [1.807, 2.05) is 26.2 Å². The monoisotopic (exact) mass is 445 g/mol. The van der Waals surface area contributed by atoms with Gasteiger partial charge in [-0.2, -0.15) is 13.2 Å². The zero-order chi connectivity index (χ0) is 22.8. The molecule has 0 amide bonds. The lowest BCUT2D eigenvalue weighted by Crippen LogP contribution is -2.08. The van der Waals surface area contributed by atoms with Crippen molar-refractivity contribution in [2.75, 3.05) is 0 Å². The summed E-state index contributed by atoms with van der Waals surface area (Å²) in [6, 6.07) is 8.46. The number of Topliss-reactive ketones (excluding diaryl/α,β-unsaturated/α-hetero) is 1. The molecule has 31 heavy (non-hydrogen) atoms. The Morgan fingerprint density at radius 3 is 2.42 bits per heavy atom. The van der Waals surface area contributed by atoms with Gasteiger partial charge in [0, 0.05) is 11.0 Å². The minimum absolute atomic E-state index is 0.0635. The van der Waals surface area contributed by atoms with Crippen LogP contribution in [0.15, 0.2) is 65.2 Å². The summed E-state index contributed by atoms with van der Waals surface area (Å²) in [6.07, 6.45) is -2.21. The first-order chi connectivity index (χ1) is 14.6. The molecule has 0 radical (unpaired) electrons. The lowest BCUT2D eigenvalue weighted by Gasteiger charge is -2.13. The van der Waals surface area contributed by atoms with E-state index in [0.29, 0.717) is 39.6 Å². The molecule has 3 rings (SSSR count). The first-order valence-corrected chi connectivity index (χ1v) is 10.5. The van der Waals surface area contributed by atoms with Crippen LogP contribution in [0.5, 0.6) is 5.75 Å². The second-order valence-electron chi connectivity index (χ2n) is 7.10. The van der Waals surface area contributed by atoms with Crippen LogP contribution in [-0.4, -0.2) is 5.78 Å². The summed E-state index contributed by atoms with van der Waals surface area (Å²) in [6.45, 7) is 9.47. The van der Waals surface area contributed by atoms with Crippen LogP contribution in [0, 0.1) is 13.8 Å². The van der Waals surface area contributed by atoms with Crippen molar-refractivity contribution >= 4 is 23.2 Å². The van der Waals surface area contributed by atoms with E-state index in [2.05, 4.69) is 11.9 Å². The molecule has 1 heterocycles. The smallest absolute Gasteiger partial charge is 0.416 e. The largest absolute Gasteiger partial charge is 0.462 e. The summed E-state index contributed by atoms with van der Waals surface area (Å²) in [7, 11) is 0. The molecule has 0 spiro atoms. The molecule has 0 aliphatic carbocycles. The average Bonchev–Trinajstić information content (AvgIpc) is 3.22. The van der Waals surface area contributed by atoms with Gasteiger partial charge < -0.3 is 10.1 Å². The average molecular weight is 446 g/mol. The van der Waals surface area contributed by atoms with Gasteiger partial charge in [0.05, 0.1) is 11.3 Å². The minimum atomic E-state index is -4.36. The van der Waals surface area contributed by atoms with Gasteiger partial charge in [-0.15, -0.1) is 0 Å². The van der Waals surface area contributed by atoms with Gasteiger partial charge in [-0.05, 0) is 66.8 Å². The molecule has 0 bridgehead atoms. The molecule has 1 aliphatic rings. The van der Waals surface area contributed by atoms with Crippen molar-refractivity contribution < 1.29 is 22.7 Å². The van der Waals surface area contributed by atoms with Crippen LogP contribution in [-0.2, 0) is 6.18 Å². The Hall–Kier alpha value is -2.93. The van der Waals surface area contributed by atoms with E-state index >= 15 is 0 Å². The lowest BCUT2D eigenvalue weighted by atomic mass is 9.95. The van der Waals surface area contributed by atoms with Gasteiger partial charge in [-0.1, -0.05) is 37.4 Å². The molecule has 0 fully saturated rings. The zero-order valence-corrected chi connectivity index (χ0v) is 18.2. The highest BCUT2D eigenvalue weighted by Gasteiger charge is 2.30. The standard InChI is InChI=1S/C24H22F3NO2S/c1-5-14(2)23(29)19-10-11-21(16(4)15(19)3)30-12-22-28-20(13-31-22)17-6-8-18(9-7-17)24(25,26)27/h6-13,28H,2,5H2,1,3-4H3/b22-12+. The number of carbonyl (C=O) groups excluding carboxylic acids is 1. The molecule has 7 heteroatoms. The molecule has 2 aromatic carbocycles. The van der Waals surface area contributed by atoms with E-state index in [1.54, 1.807) is 18.4 Å². The van der Waals surface area contributed by atoms with Crippen molar-refractivity contribution in [3.63, 3.8) is 0 Å². The van der Waals surface area contributed by atoms with Crippen molar-refractivity contribution in [1.29, 1.82) is 0 Å². The molecule has 162 valence electrons. The summed E-state index contributed by atoms with van der Waals surface area (Å²) in [4.78, 5) is 12.4. The van der Waals surface area contributed by atoms with Crippen LogP contribution in [0.25, 0.3) is 5.70 Å². The fourth-order valence-corrected chi connectivity index (χ4v) is 3.70. The van der Waals surface area contributed by atoms with Gasteiger partial charge in [0.2, 0.25) is 0 Å². The molecule has 0 atom stereocenters. The van der Waals surface area contributed by atoms with Crippen LogP contribution in [0.2, 0.25) is 0 Å². The first-order valence-electron chi connectivity index (χ1n) is 9.62. The van der Waals surface area contributed by atoms with Crippen molar-refractivity contribution in [2.24, 2.45) is 0 Å². The summed E-state index contributed by atoms with van der Waals surface area (Å²) >= 11 is 1.37. The molecule has 0 saturated heterocycles. The summed E-state index contributed by atoms with van der Waals surface area (Å²) < 4.78 is 44.0. The number of allylic oxidation sites excluding steroid dienone is 1. The van der Waals surface area contributed by atoms with Gasteiger partial charge in [0.1, 0.15) is 17.0 Å². The maximum Gasteiger partial charge on any atom is 0.416 e. The first kappa shape index (κ1) is 22.7. The van der Waals surface area contributed by atoms with E-state index in [0.717, 1.165) is 23.3 Å². The summed E-state index contributed by atoms with van der Waals surface area (Å²) in [5.74, 6) is 0.556. The van der Waals surface area contributed by atoms with E-state index in [4.69, 9.17) is 4.74 Å². The number of benzene rings is 2. The summed E-state index contributed by atoms with van der Waals surface area (Å²) in [5, 5.41) is 5.65. The molecule has 2 aromatic rings. The number of hydrogen-bond donors (Lipinski definition) is 1. The van der Waals surface area contributed by atoms with Gasteiger partial charge >= 0.3 is 6.18 Å². The second-order valence-corrected chi connectivity index (χ2v) is 8.01. The van der Waals surface area contributed by atoms with E-state index in [9.17, 15) is 18.0 Å². The fourth-order valence-electron chi connectivity index (χ4n) is 2.99. The Bertz CT molecular complexity index is 1080. The third-order valence-corrected chi connectivity index (χ3v) is 5.91. The SMILES string of the molecule is C=C(CC)C(=O)c1ccc(O/C=C2\NC(c3ccc(C(F)(F)F)cc3)=CS2)c(C)c1C. The normalized spacial score (nSPS) is 14.9. The topological polar surface area (TPSA) is 38.3 Å². The molecule has 1 N–H and O–H groups in total. The highest BCUT2D eigenvalue weighted by Crippen LogP contribution is 2.34. The number of rotatable bonds is 6. The van der Waals surface area contributed by atoms with Crippen molar-refractivity contribution in [2.45, 2.75) is 33.4 Å². The molecular formula is C24H22F3NO2S. The Morgan fingerprint density at radius 1 is 1.13 bits per heavy atom. The number of ether oxygens (including phenoxy) is 1. The highest BCUT2D eigenvalue weighted by molar-refractivity contribution is 8.06. The Labute approximate surface area is 183 Å². The van der Waals surface area contributed by atoms with Crippen LogP contribution in [0.4, 0.5) is 13.2 Å². The fraction of sp³-hybridized carbons (Fsp3) is 0.208. The van der Waals surface area contributed by atoms with Gasteiger partial charge in [0.15, 0.2) is 5.78 Å². The number of halogens is 3. The third-order valence-electron chi connectivity index (χ3n) is 5.11. The number of hydrogen-bond acceptors (Lipinski definition) is 4.